The highest BCUT2D eigenvalue weighted by atomic mass is 79.9. The topological polar surface area (TPSA) is 17.1 Å². The molecule has 2 aromatic rings. The summed E-state index contributed by atoms with van der Waals surface area (Å²) in [7, 11) is 0. The summed E-state index contributed by atoms with van der Waals surface area (Å²) in [6.45, 7) is 0. The van der Waals surface area contributed by atoms with Gasteiger partial charge in [-0.15, -0.1) is 0 Å². The first-order valence-corrected chi connectivity index (χ1v) is 6.02. The highest BCUT2D eigenvalue weighted by Crippen LogP contribution is 2.18. The van der Waals surface area contributed by atoms with Gasteiger partial charge in [-0.1, -0.05) is 24.1 Å². The van der Waals surface area contributed by atoms with Gasteiger partial charge in [-0.25, -0.2) is 4.39 Å². The lowest BCUT2D eigenvalue weighted by molar-refractivity contribution is 0.105. The van der Waals surface area contributed by atoms with Crippen LogP contribution in [0, 0.1) is 17.7 Å². The van der Waals surface area contributed by atoms with Crippen LogP contribution in [0.25, 0.3) is 0 Å². The van der Waals surface area contributed by atoms with Gasteiger partial charge in [0.1, 0.15) is 5.82 Å². The second kappa shape index (κ2) is 5.61. The van der Waals surface area contributed by atoms with E-state index in [-0.39, 0.29) is 5.78 Å². The fourth-order valence-corrected chi connectivity index (χ4v) is 1.92. The van der Waals surface area contributed by atoms with Gasteiger partial charge in [0.05, 0.1) is 0 Å². The van der Waals surface area contributed by atoms with Crippen LogP contribution in [0.4, 0.5) is 4.39 Å². The van der Waals surface area contributed by atoms with Crippen molar-refractivity contribution in [2.45, 2.75) is 0 Å². The number of benzene rings is 2. The number of Topliss-reactive ketones (excluding diaryl/α,β-unsaturated/α-hetero) is 1. The van der Waals surface area contributed by atoms with E-state index in [1.165, 1.54) is 18.2 Å². The summed E-state index contributed by atoms with van der Waals surface area (Å²) < 4.78 is 13.3. The molecule has 0 fully saturated rings. The summed E-state index contributed by atoms with van der Waals surface area (Å²) in [5.41, 5.74) is 1.13. The summed E-state index contributed by atoms with van der Waals surface area (Å²) in [4.78, 5) is 11.8. The fourth-order valence-electron chi connectivity index (χ4n) is 1.39. The minimum atomic E-state index is -0.394. The minimum absolute atomic E-state index is 0.342. The highest BCUT2D eigenvalue weighted by Gasteiger charge is 2.07. The Kier molecular flexibility index (Phi) is 3.91. The molecular weight excluding hydrogens is 295 g/mol. The largest absolute Gasteiger partial charge is 0.279 e. The van der Waals surface area contributed by atoms with Gasteiger partial charge in [0.25, 0.3) is 0 Å². The van der Waals surface area contributed by atoms with Gasteiger partial charge >= 0.3 is 0 Å². The monoisotopic (exact) mass is 302 g/mol. The van der Waals surface area contributed by atoms with Crippen molar-refractivity contribution in [3.8, 4) is 11.8 Å². The molecule has 0 bridgehead atoms. The first kappa shape index (κ1) is 12.5. The van der Waals surface area contributed by atoms with Crippen LogP contribution in [0.5, 0.6) is 0 Å². The SMILES string of the molecule is O=C(C#Cc1ccccc1)c1ccc(F)cc1Br. The molecule has 88 valence electrons. The quantitative estimate of drug-likeness (QED) is 0.578. The maximum absolute atomic E-state index is 12.9. The zero-order valence-corrected chi connectivity index (χ0v) is 10.9. The molecule has 0 radical (unpaired) electrons. The van der Waals surface area contributed by atoms with Gasteiger partial charge < -0.3 is 0 Å². The van der Waals surface area contributed by atoms with E-state index in [1.807, 2.05) is 30.3 Å². The van der Waals surface area contributed by atoms with E-state index in [9.17, 15) is 9.18 Å². The Morgan fingerprint density at radius 1 is 1.11 bits per heavy atom. The summed E-state index contributed by atoms with van der Waals surface area (Å²) in [5, 5.41) is 0. The number of rotatable bonds is 1. The van der Waals surface area contributed by atoms with Gasteiger partial charge in [-0.2, -0.15) is 0 Å². The molecule has 0 aliphatic heterocycles. The maximum Gasteiger partial charge on any atom is 0.237 e. The normalized spacial score (nSPS) is 9.44. The van der Waals surface area contributed by atoms with Gasteiger partial charge in [0.15, 0.2) is 0 Å². The Labute approximate surface area is 113 Å². The van der Waals surface area contributed by atoms with Gasteiger partial charge in [-0.05, 0) is 52.2 Å². The van der Waals surface area contributed by atoms with Crippen LogP contribution >= 0.6 is 15.9 Å². The Morgan fingerprint density at radius 2 is 1.83 bits per heavy atom. The van der Waals surface area contributed by atoms with Crippen molar-refractivity contribution in [2.75, 3.05) is 0 Å². The second-order valence-corrected chi connectivity index (χ2v) is 4.42. The van der Waals surface area contributed by atoms with E-state index in [2.05, 4.69) is 27.8 Å². The highest BCUT2D eigenvalue weighted by molar-refractivity contribution is 9.10. The van der Waals surface area contributed by atoms with E-state index >= 15 is 0 Å². The van der Waals surface area contributed by atoms with E-state index in [4.69, 9.17) is 0 Å². The number of ketones is 1. The summed E-state index contributed by atoms with van der Waals surface area (Å²) in [5.74, 6) is 4.57. The van der Waals surface area contributed by atoms with Crippen molar-refractivity contribution in [2.24, 2.45) is 0 Å². The third-order valence-corrected chi connectivity index (χ3v) is 2.93. The average Bonchev–Trinajstić information content (AvgIpc) is 2.37. The summed E-state index contributed by atoms with van der Waals surface area (Å²) >= 11 is 3.15. The molecule has 2 aromatic carbocycles. The maximum atomic E-state index is 12.9. The van der Waals surface area contributed by atoms with E-state index in [0.29, 0.717) is 10.0 Å². The Morgan fingerprint density at radius 3 is 2.50 bits per heavy atom. The van der Waals surface area contributed by atoms with Crippen molar-refractivity contribution < 1.29 is 9.18 Å². The minimum Gasteiger partial charge on any atom is -0.279 e. The first-order valence-electron chi connectivity index (χ1n) is 5.23. The molecule has 0 amide bonds. The third kappa shape index (κ3) is 3.06. The molecule has 0 saturated carbocycles. The van der Waals surface area contributed by atoms with Crippen LogP contribution in [0.1, 0.15) is 15.9 Å². The lowest BCUT2D eigenvalue weighted by Crippen LogP contribution is -1.97. The Bertz CT molecular complexity index is 639. The molecule has 1 nitrogen and oxygen atoms in total. The number of carbonyl (C=O) groups excluding carboxylic acids is 1. The van der Waals surface area contributed by atoms with Crippen LogP contribution in [0.3, 0.4) is 0 Å². The Balaban J connectivity index is 2.26. The molecule has 0 spiro atoms. The Hall–Kier alpha value is -1.92. The van der Waals surface area contributed by atoms with Crippen LogP contribution < -0.4 is 0 Å². The van der Waals surface area contributed by atoms with Gasteiger partial charge in [0, 0.05) is 15.6 Å². The molecule has 2 rings (SSSR count). The number of hydrogen-bond acceptors (Lipinski definition) is 1. The lowest BCUT2D eigenvalue weighted by Gasteiger charge is -1.98. The van der Waals surface area contributed by atoms with Crippen LogP contribution in [0.2, 0.25) is 0 Å². The fraction of sp³-hybridized carbons (Fsp3) is 0. The van der Waals surface area contributed by atoms with Crippen LogP contribution in [-0.2, 0) is 0 Å². The molecule has 0 aliphatic carbocycles. The zero-order valence-electron chi connectivity index (χ0n) is 9.28. The van der Waals surface area contributed by atoms with E-state index in [1.54, 1.807) is 0 Å². The molecule has 0 atom stereocenters. The van der Waals surface area contributed by atoms with Crippen molar-refractivity contribution in [3.63, 3.8) is 0 Å². The van der Waals surface area contributed by atoms with Crippen LogP contribution in [0.15, 0.2) is 53.0 Å². The second-order valence-electron chi connectivity index (χ2n) is 3.57. The molecule has 0 saturated heterocycles. The van der Waals surface area contributed by atoms with Crippen molar-refractivity contribution >= 4 is 21.7 Å². The molecule has 0 aromatic heterocycles. The van der Waals surface area contributed by atoms with Gasteiger partial charge in [0.2, 0.25) is 5.78 Å². The number of carbonyl (C=O) groups is 1. The number of halogens is 2. The van der Waals surface area contributed by atoms with E-state index < -0.39 is 5.82 Å². The molecular formula is C15H8BrFO. The third-order valence-electron chi connectivity index (χ3n) is 2.27. The zero-order chi connectivity index (χ0) is 13.0. The summed E-state index contributed by atoms with van der Waals surface area (Å²) in [6, 6.07) is 13.1. The van der Waals surface area contributed by atoms with Gasteiger partial charge in [-0.3, -0.25) is 4.79 Å². The smallest absolute Gasteiger partial charge is 0.237 e. The number of hydrogen-bond donors (Lipinski definition) is 0. The molecule has 0 N–H and O–H groups in total. The van der Waals surface area contributed by atoms with Crippen molar-refractivity contribution in [3.05, 3.63) is 69.9 Å². The predicted octanol–water partition coefficient (Wildman–Crippen LogP) is 3.82. The standard InChI is InChI=1S/C15H8BrFO/c16-14-10-12(17)7-8-13(14)15(18)9-6-11-4-2-1-3-5-11/h1-5,7-8,10H. The lowest BCUT2D eigenvalue weighted by atomic mass is 10.1. The van der Waals surface area contributed by atoms with Crippen molar-refractivity contribution in [1.29, 1.82) is 0 Å². The first-order chi connectivity index (χ1) is 8.66. The van der Waals surface area contributed by atoms with Crippen molar-refractivity contribution in [1.82, 2.24) is 0 Å². The average molecular weight is 303 g/mol. The molecule has 0 unspecified atom stereocenters. The van der Waals surface area contributed by atoms with Crippen LogP contribution in [-0.4, -0.2) is 5.78 Å². The molecule has 0 heterocycles. The van der Waals surface area contributed by atoms with E-state index in [0.717, 1.165) is 5.56 Å². The molecule has 0 aliphatic rings. The predicted molar refractivity (Wildman–Crippen MR) is 71.8 cm³/mol. The molecule has 3 heteroatoms. The molecule has 18 heavy (non-hydrogen) atoms. The summed E-state index contributed by atoms with van der Waals surface area (Å²) in [6.07, 6.45) is 0.